The summed E-state index contributed by atoms with van der Waals surface area (Å²) in [6.45, 7) is 1.82. The van der Waals surface area contributed by atoms with Crippen LogP contribution in [0.3, 0.4) is 0 Å². The van der Waals surface area contributed by atoms with Gasteiger partial charge in [-0.25, -0.2) is 9.97 Å². The van der Waals surface area contributed by atoms with Crippen LogP contribution >= 0.6 is 0 Å². The highest BCUT2D eigenvalue weighted by molar-refractivity contribution is 6.04. The highest BCUT2D eigenvalue weighted by Crippen LogP contribution is 2.32. The van der Waals surface area contributed by atoms with Gasteiger partial charge in [-0.2, -0.15) is 0 Å². The van der Waals surface area contributed by atoms with Crippen molar-refractivity contribution in [1.29, 1.82) is 0 Å². The fourth-order valence-corrected chi connectivity index (χ4v) is 3.73. The molecule has 2 heterocycles. The molecule has 0 saturated carbocycles. The predicted molar refractivity (Wildman–Crippen MR) is 118 cm³/mol. The summed E-state index contributed by atoms with van der Waals surface area (Å²) in [5.74, 6) is 1.35. The molecule has 1 N–H and O–H groups in total. The highest BCUT2D eigenvalue weighted by atomic mass is 16.1. The molecule has 0 unspecified atom stereocenters. The minimum atomic E-state index is 0.555. The molecule has 0 fully saturated rings. The maximum Gasteiger partial charge on any atom is 0.179 e. The van der Waals surface area contributed by atoms with E-state index in [1.165, 1.54) is 0 Å². The van der Waals surface area contributed by atoms with Gasteiger partial charge in [0.25, 0.3) is 0 Å². The Bertz CT molecular complexity index is 1180. The van der Waals surface area contributed by atoms with E-state index in [-0.39, 0.29) is 0 Å². The first-order valence-corrected chi connectivity index (χ1v) is 9.78. The molecule has 4 rings (SSSR count). The van der Waals surface area contributed by atoms with Crippen LogP contribution in [-0.4, -0.2) is 52.9 Å². The van der Waals surface area contributed by atoms with Crippen molar-refractivity contribution < 1.29 is 4.79 Å². The Morgan fingerprint density at radius 3 is 2.52 bits per heavy atom. The van der Waals surface area contributed by atoms with E-state index in [0.29, 0.717) is 11.4 Å². The molecule has 0 bridgehead atoms. The summed E-state index contributed by atoms with van der Waals surface area (Å²) in [6, 6.07) is 15.8. The standard InChI is InChI=1S/C23H25N5O/c1-27(2)14-8-13-24-22-17-10-4-6-11-19(17)25-23(26-22)21-18(15-29)16-9-5-7-12-20(16)28(21)3/h4-7,9-12,15H,8,13-14H2,1-3H3,(H,24,25,26). The molecule has 0 aliphatic heterocycles. The van der Waals surface area contributed by atoms with E-state index in [1.54, 1.807) is 0 Å². The Morgan fingerprint density at radius 2 is 1.76 bits per heavy atom. The Morgan fingerprint density at radius 1 is 1.03 bits per heavy atom. The lowest BCUT2D eigenvalue weighted by Crippen LogP contribution is -2.17. The summed E-state index contributed by atoms with van der Waals surface area (Å²) in [5.41, 5.74) is 3.21. The molecule has 29 heavy (non-hydrogen) atoms. The van der Waals surface area contributed by atoms with Gasteiger partial charge in [0, 0.05) is 29.9 Å². The van der Waals surface area contributed by atoms with Crippen molar-refractivity contribution >= 4 is 33.9 Å². The van der Waals surface area contributed by atoms with Crippen LogP contribution in [0.5, 0.6) is 0 Å². The van der Waals surface area contributed by atoms with Crippen LogP contribution in [0.2, 0.25) is 0 Å². The van der Waals surface area contributed by atoms with E-state index >= 15 is 0 Å². The maximum atomic E-state index is 12.0. The van der Waals surface area contributed by atoms with Gasteiger partial charge in [0.1, 0.15) is 5.82 Å². The number of rotatable bonds is 7. The molecule has 0 aliphatic rings. The van der Waals surface area contributed by atoms with Crippen LogP contribution in [0, 0.1) is 0 Å². The van der Waals surface area contributed by atoms with Gasteiger partial charge in [0.2, 0.25) is 0 Å². The number of aryl methyl sites for hydroxylation is 1. The van der Waals surface area contributed by atoms with Crippen LogP contribution < -0.4 is 5.32 Å². The molecule has 0 spiro atoms. The smallest absolute Gasteiger partial charge is 0.179 e. The topological polar surface area (TPSA) is 63.1 Å². The third-order valence-corrected chi connectivity index (χ3v) is 5.15. The number of para-hydroxylation sites is 2. The minimum absolute atomic E-state index is 0.555. The SMILES string of the molecule is CN(C)CCCNc1nc(-c2c(C=O)c3ccccc3n2C)nc2ccccc12. The fraction of sp³-hybridized carbons (Fsp3) is 0.261. The van der Waals surface area contributed by atoms with Crippen LogP contribution in [0.4, 0.5) is 5.82 Å². The molecule has 0 atom stereocenters. The number of carbonyl (C=O) groups is 1. The normalized spacial score (nSPS) is 11.4. The molecule has 0 aliphatic carbocycles. The molecule has 0 saturated heterocycles. The predicted octanol–water partition coefficient (Wildman–Crippen LogP) is 3.96. The number of hydrogen-bond acceptors (Lipinski definition) is 5. The van der Waals surface area contributed by atoms with E-state index in [2.05, 4.69) is 24.3 Å². The second-order valence-corrected chi connectivity index (χ2v) is 7.45. The van der Waals surface area contributed by atoms with Crippen molar-refractivity contribution in [1.82, 2.24) is 19.4 Å². The summed E-state index contributed by atoms with van der Waals surface area (Å²) in [6.07, 6.45) is 1.91. The summed E-state index contributed by atoms with van der Waals surface area (Å²) in [7, 11) is 6.09. The average molecular weight is 387 g/mol. The van der Waals surface area contributed by atoms with Crippen molar-refractivity contribution in [3.63, 3.8) is 0 Å². The third kappa shape index (κ3) is 3.59. The van der Waals surface area contributed by atoms with Crippen LogP contribution in [0.1, 0.15) is 16.8 Å². The third-order valence-electron chi connectivity index (χ3n) is 5.15. The molecule has 4 aromatic rings. The quantitative estimate of drug-likeness (QED) is 0.384. The molecule has 0 radical (unpaired) electrons. The molecular weight excluding hydrogens is 362 g/mol. The largest absolute Gasteiger partial charge is 0.369 e. The van der Waals surface area contributed by atoms with E-state index < -0.39 is 0 Å². The Kier molecular flexibility index (Phi) is 5.27. The molecule has 6 heteroatoms. The number of hydrogen-bond donors (Lipinski definition) is 1. The lowest BCUT2D eigenvalue weighted by Gasteiger charge is -2.13. The zero-order valence-corrected chi connectivity index (χ0v) is 17.0. The van der Waals surface area contributed by atoms with E-state index in [1.807, 2.05) is 60.1 Å². The molecule has 2 aromatic carbocycles. The summed E-state index contributed by atoms with van der Waals surface area (Å²) in [5, 5.41) is 5.36. The van der Waals surface area contributed by atoms with Crippen LogP contribution in [0.25, 0.3) is 33.3 Å². The highest BCUT2D eigenvalue weighted by Gasteiger charge is 2.19. The van der Waals surface area contributed by atoms with E-state index in [9.17, 15) is 4.79 Å². The monoisotopic (exact) mass is 387 g/mol. The zero-order chi connectivity index (χ0) is 20.4. The fourth-order valence-electron chi connectivity index (χ4n) is 3.73. The van der Waals surface area contributed by atoms with Gasteiger partial charge in [-0.3, -0.25) is 4.79 Å². The molecule has 0 amide bonds. The molecular formula is C23H25N5O. The number of benzene rings is 2. The summed E-state index contributed by atoms with van der Waals surface area (Å²) >= 11 is 0. The lowest BCUT2D eigenvalue weighted by molar-refractivity contribution is 0.112. The Hall–Kier alpha value is -3.25. The number of nitrogens with one attached hydrogen (secondary N) is 1. The Labute approximate surface area is 170 Å². The first-order chi connectivity index (χ1) is 14.1. The number of aldehydes is 1. The molecule has 148 valence electrons. The van der Waals surface area contributed by atoms with Crippen molar-refractivity contribution in [3.05, 3.63) is 54.1 Å². The number of nitrogens with zero attached hydrogens (tertiary/aromatic N) is 4. The number of fused-ring (bicyclic) bond motifs is 2. The lowest BCUT2D eigenvalue weighted by atomic mass is 10.1. The van der Waals surface area contributed by atoms with Gasteiger partial charge >= 0.3 is 0 Å². The van der Waals surface area contributed by atoms with Gasteiger partial charge in [0.05, 0.1) is 16.8 Å². The first kappa shape index (κ1) is 19.1. The minimum Gasteiger partial charge on any atom is -0.369 e. The summed E-state index contributed by atoms with van der Waals surface area (Å²) < 4.78 is 2.00. The van der Waals surface area contributed by atoms with Gasteiger partial charge in [-0.05, 0) is 45.3 Å². The van der Waals surface area contributed by atoms with Crippen LogP contribution in [-0.2, 0) is 7.05 Å². The van der Waals surface area contributed by atoms with Gasteiger partial charge < -0.3 is 14.8 Å². The molecule has 6 nitrogen and oxygen atoms in total. The van der Waals surface area contributed by atoms with Crippen LogP contribution in [0.15, 0.2) is 48.5 Å². The number of carbonyl (C=O) groups excluding carboxylic acids is 1. The Balaban J connectivity index is 1.84. The van der Waals surface area contributed by atoms with Crippen molar-refractivity contribution in [2.45, 2.75) is 6.42 Å². The second kappa shape index (κ2) is 8.01. The van der Waals surface area contributed by atoms with Gasteiger partial charge in [-0.1, -0.05) is 30.3 Å². The summed E-state index contributed by atoms with van der Waals surface area (Å²) in [4.78, 5) is 23.8. The maximum absolute atomic E-state index is 12.0. The second-order valence-electron chi connectivity index (χ2n) is 7.45. The van der Waals surface area contributed by atoms with E-state index in [0.717, 1.165) is 59.1 Å². The van der Waals surface area contributed by atoms with Crippen molar-refractivity contribution in [2.24, 2.45) is 7.05 Å². The first-order valence-electron chi connectivity index (χ1n) is 9.78. The number of anilines is 1. The molecule has 2 aromatic heterocycles. The van der Waals surface area contributed by atoms with Crippen molar-refractivity contribution in [2.75, 3.05) is 32.5 Å². The average Bonchev–Trinajstić information content (AvgIpc) is 3.02. The van der Waals surface area contributed by atoms with E-state index in [4.69, 9.17) is 9.97 Å². The van der Waals surface area contributed by atoms with Crippen molar-refractivity contribution in [3.8, 4) is 11.5 Å². The van der Waals surface area contributed by atoms with Gasteiger partial charge in [0.15, 0.2) is 12.1 Å². The number of aromatic nitrogens is 3. The zero-order valence-electron chi connectivity index (χ0n) is 17.0. The van der Waals surface area contributed by atoms with Gasteiger partial charge in [-0.15, -0.1) is 0 Å².